The molecule has 0 atom stereocenters. The summed E-state index contributed by atoms with van der Waals surface area (Å²) in [5.41, 5.74) is 1.85. The molecule has 0 saturated carbocycles. The van der Waals surface area contributed by atoms with Crippen molar-refractivity contribution in [3.63, 3.8) is 0 Å². The molecule has 3 heteroatoms. The standard InChI is InChI=1S/C11H10BrNO/c1-7(14)9-6-13(2)11-8(9)4-3-5-10(11)12/h3-6H,1-2H3. The van der Waals surface area contributed by atoms with Crippen LogP contribution in [0.5, 0.6) is 0 Å². The highest BCUT2D eigenvalue weighted by Crippen LogP contribution is 2.27. The molecule has 14 heavy (non-hydrogen) atoms. The molecule has 1 aromatic carbocycles. The van der Waals surface area contributed by atoms with Crippen molar-refractivity contribution in [2.75, 3.05) is 0 Å². The molecule has 0 spiro atoms. The van der Waals surface area contributed by atoms with Gasteiger partial charge in [-0.2, -0.15) is 0 Å². The number of hydrogen-bond donors (Lipinski definition) is 0. The fourth-order valence-electron chi connectivity index (χ4n) is 1.70. The molecule has 0 unspecified atom stereocenters. The molecule has 2 rings (SSSR count). The number of carbonyl (C=O) groups excluding carboxylic acids is 1. The largest absolute Gasteiger partial charge is 0.349 e. The van der Waals surface area contributed by atoms with Crippen LogP contribution in [0.4, 0.5) is 0 Å². The number of rotatable bonds is 1. The minimum Gasteiger partial charge on any atom is -0.349 e. The summed E-state index contributed by atoms with van der Waals surface area (Å²) in [6.07, 6.45) is 1.87. The number of hydrogen-bond acceptors (Lipinski definition) is 1. The third-order valence-corrected chi connectivity index (χ3v) is 2.97. The molecule has 1 aromatic heterocycles. The highest BCUT2D eigenvalue weighted by molar-refractivity contribution is 9.10. The van der Waals surface area contributed by atoms with E-state index in [0.717, 1.165) is 20.9 Å². The van der Waals surface area contributed by atoms with Crippen LogP contribution in [0.15, 0.2) is 28.9 Å². The third-order valence-electron chi connectivity index (χ3n) is 2.33. The first-order chi connectivity index (χ1) is 6.61. The Morgan fingerprint density at radius 3 is 2.79 bits per heavy atom. The van der Waals surface area contributed by atoms with Gasteiger partial charge in [-0.05, 0) is 28.9 Å². The van der Waals surface area contributed by atoms with Crippen molar-refractivity contribution in [3.05, 3.63) is 34.4 Å². The highest BCUT2D eigenvalue weighted by atomic mass is 79.9. The summed E-state index contributed by atoms with van der Waals surface area (Å²) >= 11 is 3.48. The van der Waals surface area contributed by atoms with Gasteiger partial charge >= 0.3 is 0 Å². The third kappa shape index (κ3) is 1.28. The molecule has 2 aromatic rings. The number of Topliss-reactive ketones (excluding diaryl/α,β-unsaturated/α-hetero) is 1. The van der Waals surface area contributed by atoms with Gasteiger partial charge in [-0.1, -0.05) is 12.1 Å². The van der Waals surface area contributed by atoms with Crippen molar-refractivity contribution in [2.24, 2.45) is 7.05 Å². The first-order valence-electron chi connectivity index (χ1n) is 4.35. The lowest BCUT2D eigenvalue weighted by Gasteiger charge is -1.98. The molecule has 0 aliphatic carbocycles. The lowest BCUT2D eigenvalue weighted by atomic mass is 10.1. The molecule has 72 valence electrons. The molecule has 0 aliphatic heterocycles. The summed E-state index contributed by atoms with van der Waals surface area (Å²) in [7, 11) is 1.94. The molecule has 0 amide bonds. The van der Waals surface area contributed by atoms with Crippen LogP contribution in [0.3, 0.4) is 0 Å². The Bertz CT molecular complexity index is 513. The number of nitrogens with zero attached hydrogens (tertiary/aromatic N) is 1. The number of aromatic nitrogens is 1. The monoisotopic (exact) mass is 251 g/mol. The molecule has 2 nitrogen and oxygen atoms in total. The maximum atomic E-state index is 11.4. The second-order valence-corrected chi connectivity index (χ2v) is 4.20. The van der Waals surface area contributed by atoms with E-state index in [-0.39, 0.29) is 5.78 Å². The molecule has 0 bridgehead atoms. The average Bonchev–Trinajstić information content (AvgIpc) is 2.45. The van der Waals surface area contributed by atoms with Gasteiger partial charge in [0, 0.05) is 28.7 Å². The van der Waals surface area contributed by atoms with E-state index < -0.39 is 0 Å². The van der Waals surface area contributed by atoms with Gasteiger partial charge < -0.3 is 4.57 Å². The summed E-state index contributed by atoms with van der Waals surface area (Å²) in [4.78, 5) is 11.4. The quantitative estimate of drug-likeness (QED) is 0.714. The predicted molar refractivity (Wildman–Crippen MR) is 60.6 cm³/mol. The summed E-state index contributed by atoms with van der Waals surface area (Å²) in [6, 6.07) is 5.89. The summed E-state index contributed by atoms with van der Waals surface area (Å²) in [6.45, 7) is 1.59. The van der Waals surface area contributed by atoms with Crippen LogP contribution >= 0.6 is 15.9 Å². The lowest BCUT2D eigenvalue weighted by molar-refractivity contribution is 0.101. The van der Waals surface area contributed by atoms with Crippen LogP contribution in [0.1, 0.15) is 17.3 Å². The van der Waals surface area contributed by atoms with E-state index in [1.807, 2.05) is 36.0 Å². The summed E-state index contributed by atoms with van der Waals surface area (Å²) in [5.74, 6) is 0.105. The van der Waals surface area contributed by atoms with Gasteiger partial charge in [0.1, 0.15) is 0 Å². The SMILES string of the molecule is CC(=O)c1cn(C)c2c(Br)cccc12. The maximum absolute atomic E-state index is 11.4. The minimum atomic E-state index is 0.105. The van der Waals surface area contributed by atoms with Gasteiger partial charge in [0.25, 0.3) is 0 Å². The number of para-hydroxylation sites is 1. The number of aryl methyl sites for hydroxylation is 1. The first-order valence-corrected chi connectivity index (χ1v) is 5.15. The number of fused-ring (bicyclic) bond motifs is 1. The molecule has 1 heterocycles. The van der Waals surface area contributed by atoms with Crippen LogP contribution in [0.2, 0.25) is 0 Å². The predicted octanol–water partition coefficient (Wildman–Crippen LogP) is 3.14. The lowest BCUT2D eigenvalue weighted by Crippen LogP contribution is -1.88. The van der Waals surface area contributed by atoms with Gasteiger partial charge in [-0.3, -0.25) is 4.79 Å². The Labute approximate surface area is 90.7 Å². The molecule has 0 saturated heterocycles. The Hall–Kier alpha value is -1.09. The zero-order valence-corrected chi connectivity index (χ0v) is 9.63. The fourth-order valence-corrected chi connectivity index (χ4v) is 2.35. The number of benzene rings is 1. The molecule has 0 radical (unpaired) electrons. The second kappa shape index (κ2) is 3.24. The van der Waals surface area contributed by atoms with Crippen molar-refractivity contribution >= 4 is 32.6 Å². The normalized spacial score (nSPS) is 10.8. The number of halogens is 1. The minimum absolute atomic E-state index is 0.105. The van der Waals surface area contributed by atoms with E-state index in [2.05, 4.69) is 15.9 Å². The Kier molecular flexibility index (Phi) is 2.19. The van der Waals surface area contributed by atoms with Crippen molar-refractivity contribution < 1.29 is 4.79 Å². The smallest absolute Gasteiger partial charge is 0.161 e. The van der Waals surface area contributed by atoms with Crippen molar-refractivity contribution in [1.82, 2.24) is 4.57 Å². The van der Waals surface area contributed by atoms with Crippen LogP contribution in [0.25, 0.3) is 10.9 Å². The Morgan fingerprint density at radius 1 is 1.43 bits per heavy atom. The van der Waals surface area contributed by atoms with Gasteiger partial charge in [0.05, 0.1) is 5.52 Å². The molecular formula is C11H10BrNO. The van der Waals surface area contributed by atoms with Crippen LogP contribution < -0.4 is 0 Å². The van der Waals surface area contributed by atoms with Gasteiger partial charge in [-0.25, -0.2) is 0 Å². The zero-order chi connectivity index (χ0) is 10.3. The van der Waals surface area contributed by atoms with E-state index in [0.29, 0.717) is 0 Å². The van der Waals surface area contributed by atoms with Crippen LogP contribution in [-0.4, -0.2) is 10.4 Å². The van der Waals surface area contributed by atoms with Gasteiger partial charge in [-0.15, -0.1) is 0 Å². The Morgan fingerprint density at radius 2 is 2.14 bits per heavy atom. The van der Waals surface area contributed by atoms with Crippen molar-refractivity contribution in [3.8, 4) is 0 Å². The van der Waals surface area contributed by atoms with Crippen molar-refractivity contribution in [2.45, 2.75) is 6.92 Å². The number of ketones is 1. The highest BCUT2D eigenvalue weighted by Gasteiger charge is 2.11. The summed E-state index contributed by atoms with van der Waals surface area (Å²) in [5, 5.41) is 1.01. The van der Waals surface area contributed by atoms with Gasteiger partial charge in [0.15, 0.2) is 5.78 Å². The average molecular weight is 252 g/mol. The molecule has 0 N–H and O–H groups in total. The van der Waals surface area contributed by atoms with Crippen LogP contribution in [-0.2, 0) is 7.05 Å². The Balaban J connectivity index is 2.91. The molecular weight excluding hydrogens is 242 g/mol. The summed E-state index contributed by atoms with van der Waals surface area (Å²) < 4.78 is 2.99. The molecule has 0 fully saturated rings. The first kappa shape index (κ1) is 9.46. The maximum Gasteiger partial charge on any atom is 0.161 e. The van der Waals surface area contributed by atoms with E-state index in [1.54, 1.807) is 6.92 Å². The van der Waals surface area contributed by atoms with Crippen molar-refractivity contribution in [1.29, 1.82) is 0 Å². The van der Waals surface area contributed by atoms with E-state index in [1.165, 1.54) is 0 Å². The van der Waals surface area contributed by atoms with Gasteiger partial charge in [0.2, 0.25) is 0 Å². The van der Waals surface area contributed by atoms with Crippen LogP contribution in [0, 0.1) is 0 Å². The number of carbonyl (C=O) groups is 1. The topological polar surface area (TPSA) is 22.0 Å². The molecule has 0 aliphatic rings. The second-order valence-electron chi connectivity index (χ2n) is 3.35. The van der Waals surface area contributed by atoms with E-state index in [4.69, 9.17) is 0 Å². The zero-order valence-electron chi connectivity index (χ0n) is 8.04. The van der Waals surface area contributed by atoms with E-state index in [9.17, 15) is 4.79 Å². The van der Waals surface area contributed by atoms with E-state index >= 15 is 0 Å². The fraction of sp³-hybridized carbons (Fsp3) is 0.182.